The Morgan fingerprint density at radius 1 is 0.852 bits per heavy atom. The van der Waals surface area contributed by atoms with Gasteiger partial charge in [0.05, 0.1) is 18.3 Å². The molecule has 0 fully saturated rings. The lowest BCUT2D eigenvalue weighted by Gasteiger charge is -2.47. The van der Waals surface area contributed by atoms with Gasteiger partial charge >= 0.3 is 0 Å². The zero-order valence-electron chi connectivity index (χ0n) is 19.7. The fourth-order valence-electron chi connectivity index (χ4n) is 2.75. The van der Waals surface area contributed by atoms with Gasteiger partial charge in [0.2, 0.25) is 0 Å². The number of rotatable bonds is 11. The van der Waals surface area contributed by atoms with Crippen LogP contribution in [0.3, 0.4) is 0 Å². The van der Waals surface area contributed by atoms with Crippen molar-refractivity contribution in [2.45, 2.75) is 109 Å². The van der Waals surface area contributed by atoms with Crippen LogP contribution in [0.4, 0.5) is 0 Å². The normalized spacial score (nSPS) is 15.5. The van der Waals surface area contributed by atoms with Crippen LogP contribution in [0.1, 0.15) is 60.8 Å². The van der Waals surface area contributed by atoms with E-state index in [2.05, 4.69) is 80.9 Å². The van der Waals surface area contributed by atoms with Gasteiger partial charge in [0.1, 0.15) is 0 Å². The van der Waals surface area contributed by atoms with Gasteiger partial charge in [0.15, 0.2) is 16.6 Å². The Hall–Kier alpha value is -0.206. The van der Waals surface area contributed by atoms with Crippen LogP contribution < -0.4 is 0 Å². The molecule has 0 aliphatic rings. The van der Waals surface area contributed by atoms with Crippen LogP contribution >= 0.6 is 0 Å². The fourth-order valence-corrected chi connectivity index (χ4v) is 5.73. The molecular weight excluding hydrogens is 368 g/mol. The Morgan fingerprint density at radius 3 is 1.56 bits per heavy atom. The summed E-state index contributed by atoms with van der Waals surface area (Å²) in [5.41, 5.74) is -0.428. The summed E-state index contributed by atoms with van der Waals surface area (Å²) < 4.78 is 13.5. The Balaban J connectivity index is 5.81. The third-order valence-electron chi connectivity index (χ3n) is 6.38. The van der Waals surface area contributed by atoms with Crippen molar-refractivity contribution < 1.29 is 14.0 Å². The molecule has 0 unspecified atom stereocenters. The minimum atomic E-state index is -2.01. The summed E-state index contributed by atoms with van der Waals surface area (Å²) in [7, 11) is -4.00. The third kappa shape index (κ3) is 7.61. The maximum Gasteiger partial charge on any atom is 0.192 e. The van der Waals surface area contributed by atoms with Crippen molar-refractivity contribution in [1.29, 1.82) is 0 Å². The first-order chi connectivity index (χ1) is 12.0. The van der Waals surface area contributed by atoms with Crippen LogP contribution in [-0.4, -0.2) is 40.1 Å². The van der Waals surface area contributed by atoms with Crippen molar-refractivity contribution in [1.82, 2.24) is 0 Å². The summed E-state index contributed by atoms with van der Waals surface area (Å²) in [4.78, 5) is 0. The SMILES string of the molecule is C=CCC(CC=C)(C[C@@H](CO)O[Si](C)(C)C(C)(C)C)O[Si](C)(C)C(C)(C)C. The highest BCUT2D eigenvalue weighted by Gasteiger charge is 2.46. The first kappa shape index (κ1) is 26.8. The van der Waals surface area contributed by atoms with E-state index in [9.17, 15) is 5.11 Å². The molecule has 0 rings (SSSR count). The number of aliphatic hydroxyl groups excluding tert-OH is 1. The smallest absolute Gasteiger partial charge is 0.192 e. The predicted octanol–water partition coefficient (Wildman–Crippen LogP) is 6.67. The van der Waals surface area contributed by atoms with E-state index in [4.69, 9.17) is 8.85 Å². The van der Waals surface area contributed by atoms with Crippen molar-refractivity contribution in [3.8, 4) is 0 Å². The predicted molar refractivity (Wildman–Crippen MR) is 124 cm³/mol. The monoisotopic (exact) mass is 414 g/mol. The molecule has 3 nitrogen and oxygen atoms in total. The number of aliphatic hydroxyl groups is 1. The van der Waals surface area contributed by atoms with Crippen LogP contribution in [0.25, 0.3) is 0 Å². The van der Waals surface area contributed by atoms with E-state index in [-0.39, 0.29) is 22.8 Å². The molecule has 0 aromatic carbocycles. The third-order valence-corrected chi connectivity index (χ3v) is 15.5. The molecule has 0 radical (unpaired) electrons. The summed E-state index contributed by atoms with van der Waals surface area (Å²) >= 11 is 0. The van der Waals surface area contributed by atoms with E-state index in [1.165, 1.54) is 0 Å². The lowest BCUT2D eigenvalue weighted by molar-refractivity contribution is -0.00916. The molecule has 0 aliphatic carbocycles. The first-order valence-corrected chi connectivity index (χ1v) is 16.0. The fraction of sp³-hybridized carbons (Fsp3) is 0.818. The molecule has 27 heavy (non-hydrogen) atoms. The van der Waals surface area contributed by atoms with E-state index in [1.54, 1.807) is 0 Å². The summed E-state index contributed by atoms with van der Waals surface area (Å²) in [6.45, 7) is 30.4. The second-order valence-electron chi connectivity index (χ2n) is 10.9. The minimum absolute atomic E-state index is 0.00338. The lowest BCUT2D eigenvalue weighted by Crippen LogP contribution is -2.53. The molecule has 1 N–H and O–H groups in total. The van der Waals surface area contributed by atoms with Gasteiger partial charge in [-0.05, 0) is 49.1 Å². The number of hydrogen-bond donors (Lipinski definition) is 1. The van der Waals surface area contributed by atoms with Gasteiger partial charge in [-0.25, -0.2) is 0 Å². The second kappa shape index (κ2) is 9.53. The van der Waals surface area contributed by atoms with E-state index in [1.807, 2.05) is 12.2 Å². The van der Waals surface area contributed by atoms with Crippen molar-refractivity contribution in [3.63, 3.8) is 0 Å². The molecule has 1 atom stereocenters. The zero-order valence-corrected chi connectivity index (χ0v) is 21.7. The Morgan fingerprint density at radius 2 is 1.26 bits per heavy atom. The highest BCUT2D eigenvalue weighted by Crippen LogP contribution is 2.44. The Kier molecular flexibility index (Phi) is 9.46. The average molecular weight is 415 g/mol. The molecule has 0 aromatic rings. The van der Waals surface area contributed by atoms with Crippen LogP contribution in [-0.2, 0) is 8.85 Å². The van der Waals surface area contributed by atoms with E-state index < -0.39 is 22.2 Å². The topological polar surface area (TPSA) is 38.7 Å². The Labute approximate surface area is 171 Å². The van der Waals surface area contributed by atoms with Gasteiger partial charge in [0.25, 0.3) is 0 Å². The zero-order chi connectivity index (χ0) is 21.7. The molecule has 0 spiro atoms. The van der Waals surface area contributed by atoms with Gasteiger partial charge in [-0.1, -0.05) is 53.7 Å². The molecule has 0 aromatic heterocycles. The van der Waals surface area contributed by atoms with Crippen molar-refractivity contribution in [3.05, 3.63) is 25.3 Å². The molecule has 0 amide bonds. The molecule has 0 aliphatic heterocycles. The van der Waals surface area contributed by atoms with E-state index in [0.29, 0.717) is 6.42 Å². The summed E-state index contributed by atoms with van der Waals surface area (Å²) in [5, 5.41) is 10.3. The highest BCUT2D eigenvalue weighted by atomic mass is 28.4. The molecule has 0 saturated heterocycles. The van der Waals surface area contributed by atoms with Crippen molar-refractivity contribution in [2.24, 2.45) is 0 Å². The lowest BCUT2D eigenvalue weighted by atomic mass is 9.89. The summed E-state index contributed by atoms with van der Waals surface area (Å²) in [6, 6.07) is 0. The maximum absolute atomic E-state index is 10.1. The largest absolute Gasteiger partial charge is 0.411 e. The molecule has 5 heteroatoms. The standard InChI is InChI=1S/C22H46O3Si2/c1-13-15-22(16-14-2,25-27(11,12)21(6,7)8)17-19(18-23)24-26(9,10)20(3,4)5/h13-14,19,23H,1-2,15-18H2,3-12H3/t19-/m0/s1. The van der Waals surface area contributed by atoms with Gasteiger partial charge in [-0.2, -0.15) is 0 Å². The highest BCUT2D eigenvalue weighted by molar-refractivity contribution is 6.74. The van der Waals surface area contributed by atoms with Crippen molar-refractivity contribution in [2.75, 3.05) is 6.61 Å². The van der Waals surface area contributed by atoms with E-state index in [0.717, 1.165) is 12.8 Å². The molecular formula is C22H46O3Si2. The second-order valence-corrected chi connectivity index (χ2v) is 20.4. The van der Waals surface area contributed by atoms with E-state index >= 15 is 0 Å². The summed E-state index contributed by atoms with van der Waals surface area (Å²) in [6.07, 6.45) is 5.72. The summed E-state index contributed by atoms with van der Waals surface area (Å²) in [5.74, 6) is 0. The molecule has 0 heterocycles. The average Bonchev–Trinajstić information content (AvgIpc) is 2.43. The van der Waals surface area contributed by atoms with Gasteiger partial charge < -0.3 is 14.0 Å². The van der Waals surface area contributed by atoms with Crippen LogP contribution in [0.2, 0.25) is 36.3 Å². The Bertz CT molecular complexity index is 475. The quantitative estimate of drug-likeness (QED) is 0.303. The van der Waals surface area contributed by atoms with Crippen LogP contribution in [0, 0.1) is 0 Å². The van der Waals surface area contributed by atoms with Gasteiger partial charge in [-0.3, -0.25) is 0 Å². The molecule has 160 valence electrons. The van der Waals surface area contributed by atoms with Crippen LogP contribution in [0.5, 0.6) is 0 Å². The maximum atomic E-state index is 10.1. The first-order valence-electron chi connectivity index (χ1n) is 10.2. The van der Waals surface area contributed by atoms with Gasteiger partial charge in [-0.15, -0.1) is 13.2 Å². The van der Waals surface area contributed by atoms with Crippen molar-refractivity contribution >= 4 is 16.6 Å². The minimum Gasteiger partial charge on any atom is -0.411 e. The molecule has 0 saturated carbocycles. The molecule has 0 bridgehead atoms. The van der Waals surface area contributed by atoms with Crippen LogP contribution in [0.15, 0.2) is 25.3 Å². The van der Waals surface area contributed by atoms with Gasteiger partial charge in [0, 0.05) is 6.42 Å². The number of hydrogen-bond acceptors (Lipinski definition) is 3.